The Balaban J connectivity index is 1.88. The fourth-order valence-electron chi connectivity index (χ4n) is 1.70. The lowest BCUT2D eigenvalue weighted by Gasteiger charge is -2.06. The van der Waals surface area contributed by atoms with Gasteiger partial charge in [0.05, 0.1) is 0 Å². The predicted octanol–water partition coefficient (Wildman–Crippen LogP) is 5.06. The number of rotatable bonds is 6. The van der Waals surface area contributed by atoms with Crippen molar-refractivity contribution >= 4 is 22.0 Å². The van der Waals surface area contributed by atoms with Crippen LogP contribution in [0.1, 0.15) is 17.5 Å². The molecular formula is C17H17BrO. The van der Waals surface area contributed by atoms with Gasteiger partial charge in [0.1, 0.15) is 12.4 Å². The average Bonchev–Trinajstić information content (AvgIpc) is 2.48. The number of alkyl halides is 1. The molecule has 98 valence electrons. The smallest absolute Gasteiger partial charge is 0.119 e. The normalized spacial score (nSPS) is 10.8. The summed E-state index contributed by atoms with van der Waals surface area (Å²) < 4.78 is 5.74. The van der Waals surface area contributed by atoms with E-state index < -0.39 is 0 Å². The number of hydrogen-bond donors (Lipinski definition) is 0. The summed E-state index contributed by atoms with van der Waals surface area (Å²) in [7, 11) is 0. The second kappa shape index (κ2) is 7.80. The van der Waals surface area contributed by atoms with E-state index in [1.165, 1.54) is 11.1 Å². The van der Waals surface area contributed by atoms with Gasteiger partial charge in [-0.1, -0.05) is 70.5 Å². The number of ether oxygens (including phenoxy) is 1. The molecule has 0 aliphatic rings. The molecule has 0 amide bonds. The summed E-state index contributed by atoms with van der Waals surface area (Å²) in [5, 5.41) is 1.00. The van der Waals surface area contributed by atoms with E-state index in [4.69, 9.17) is 4.74 Å². The highest BCUT2D eigenvalue weighted by Crippen LogP contribution is 2.15. The number of hydrogen-bond acceptors (Lipinski definition) is 1. The molecule has 0 saturated heterocycles. The molecule has 2 aromatic carbocycles. The highest BCUT2D eigenvalue weighted by Gasteiger charge is 1.95. The molecule has 0 bridgehead atoms. The first-order chi connectivity index (χ1) is 9.38. The molecule has 0 aliphatic carbocycles. The Morgan fingerprint density at radius 3 is 2.37 bits per heavy atom. The van der Waals surface area contributed by atoms with Crippen molar-refractivity contribution in [3.8, 4) is 5.75 Å². The lowest BCUT2D eigenvalue weighted by atomic mass is 10.2. The van der Waals surface area contributed by atoms with Crippen molar-refractivity contribution in [3.05, 3.63) is 71.8 Å². The first-order valence-electron chi connectivity index (χ1n) is 6.38. The summed E-state index contributed by atoms with van der Waals surface area (Å²) in [6.07, 6.45) is 5.34. The summed E-state index contributed by atoms with van der Waals surface area (Å²) in [5.41, 5.74) is 2.39. The van der Waals surface area contributed by atoms with Crippen LogP contribution in [0.25, 0.3) is 6.08 Å². The summed E-state index contributed by atoms with van der Waals surface area (Å²) in [6, 6.07) is 18.4. The van der Waals surface area contributed by atoms with Crippen LogP contribution in [0.3, 0.4) is 0 Å². The number of allylic oxidation sites excluding steroid dienone is 1. The molecule has 2 heteroatoms. The first kappa shape index (κ1) is 13.9. The van der Waals surface area contributed by atoms with Gasteiger partial charge in [-0.25, -0.2) is 0 Å². The van der Waals surface area contributed by atoms with Crippen molar-refractivity contribution in [1.29, 1.82) is 0 Å². The molecule has 0 atom stereocenters. The van der Waals surface area contributed by atoms with Gasteiger partial charge in [-0.2, -0.15) is 0 Å². The van der Waals surface area contributed by atoms with Gasteiger partial charge in [-0.15, -0.1) is 0 Å². The van der Waals surface area contributed by atoms with Crippen molar-refractivity contribution in [2.45, 2.75) is 13.0 Å². The van der Waals surface area contributed by atoms with Crippen LogP contribution in [0.4, 0.5) is 0 Å². The molecule has 0 aliphatic heterocycles. The van der Waals surface area contributed by atoms with Crippen LogP contribution >= 0.6 is 15.9 Å². The Kier molecular flexibility index (Phi) is 5.70. The second-order valence-electron chi connectivity index (χ2n) is 4.22. The molecule has 0 saturated carbocycles. The van der Waals surface area contributed by atoms with Crippen molar-refractivity contribution < 1.29 is 4.74 Å². The average molecular weight is 317 g/mol. The van der Waals surface area contributed by atoms with E-state index >= 15 is 0 Å². The molecule has 0 spiro atoms. The summed E-state index contributed by atoms with van der Waals surface area (Å²) in [5.74, 6) is 0.904. The quantitative estimate of drug-likeness (QED) is 0.676. The highest BCUT2D eigenvalue weighted by molar-refractivity contribution is 9.09. The molecule has 0 radical (unpaired) electrons. The Morgan fingerprint density at radius 1 is 0.947 bits per heavy atom. The fourth-order valence-corrected chi connectivity index (χ4v) is 1.96. The molecule has 0 fully saturated rings. The molecule has 0 heterocycles. The van der Waals surface area contributed by atoms with E-state index in [1.807, 2.05) is 30.3 Å². The Morgan fingerprint density at radius 2 is 1.68 bits per heavy atom. The van der Waals surface area contributed by atoms with Crippen molar-refractivity contribution in [2.24, 2.45) is 0 Å². The molecule has 0 N–H and O–H groups in total. The monoisotopic (exact) mass is 316 g/mol. The minimum atomic E-state index is 0.611. The van der Waals surface area contributed by atoms with Crippen LogP contribution in [-0.4, -0.2) is 5.33 Å². The predicted molar refractivity (Wildman–Crippen MR) is 84.7 cm³/mol. The SMILES string of the molecule is BrCCC=Cc1ccc(OCc2ccccc2)cc1. The van der Waals surface area contributed by atoms with Gasteiger partial charge in [0.15, 0.2) is 0 Å². The van der Waals surface area contributed by atoms with Crippen LogP contribution in [0, 0.1) is 0 Å². The van der Waals surface area contributed by atoms with Crippen LogP contribution in [0.2, 0.25) is 0 Å². The van der Waals surface area contributed by atoms with Gasteiger partial charge in [-0.3, -0.25) is 0 Å². The summed E-state index contributed by atoms with van der Waals surface area (Å²) in [6.45, 7) is 0.611. The zero-order valence-corrected chi connectivity index (χ0v) is 12.3. The Bertz CT molecular complexity index is 503. The number of benzene rings is 2. The third-order valence-corrected chi connectivity index (χ3v) is 3.17. The van der Waals surface area contributed by atoms with E-state index in [9.17, 15) is 0 Å². The van der Waals surface area contributed by atoms with E-state index in [0.29, 0.717) is 6.61 Å². The van der Waals surface area contributed by atoms with Gasteiger partial charge in [0, 0.05) is 5.33 Å². The number of halogens is 1. The zero-order chi connectivity index (χ0) is 13.3. The standard InChI is InChI=1S/C17H17BrO/c18-13-5-4-6-15-9-11-17(12-10-15)19-14-16-7-2-1-3-8-16/h1-4,6-12H,5,13-14H2. The van der Waals surface area contributed by atoms with Gasteiger partial charge >= 0.3 is 0 Å². The Labute approximate surface area is 123 Å². The maximum atomic E-state index is 5.74. The fraction of sp³-hybridized carbons (Fsp3) is 0.176. The molecule has 2 aromatic rings. The van der Waals surface area contributed by atoms with Crippen LogP contribution in [-0.2, 0) is 6.61 Å². The Hall–Kier alpha value is -1.54. The van der Waals surface area contributed by atoms with Gasteiger partial charge in [0.2, 0.25) is 0 Å². The molecule has 1 nitrogen and oxygen atoms in total. The lowest BCUT2D eigenvalue weighted by molar-refractivity contribution is 0.306. The minimum absolute atomic E-state index is 0.611. The van der Waals surface area contributed by atoms with Gasteiger partial charge in [-0.05, 0) is 29.7 Å². The van der Waals surface area contributed by atoms with Crippen LogP contribution in [0.5, 0.6) is 5.75 Å². The third kappa shape index (κ3) is 4.92. The molecule has 0 aromatic heterocycles. The second-order valence-corrected chi connectivity index (χ2v) is 5.02. The maximum Gasteiger partial charge on any atom is 0.119 e. The zero-order valence-electron chi connectivity index (χ0n) is 10.8. The van der Waals surface area contributed by atoms with Gasteiger partial charge in [0.25, 0.3) is 0 Å². The molecule has 2 rings (SSSR count). The van der Waals surface area contributed by atoms with Gasteiger partial charge < -0.3 is 4.74 Å². The largest absolute Gasteiger partial charge is 0.489 e. The topological polar surface area (TPSA) is 9.23 Å². The minimum Gasteiger partial charge on any atom is -0.489 e. The summed E-state index contributed by atoms with van der Waals surface area (Å²) >= 11 is 3.41. The lowest BCUT2D eigenvalue weighted by Crippen LogP contribution is -1.94. The van der Waals surface area contributed by atoms with Crippen LogP contribution < -0.4 is 4.74 Å². The maximum absolute atomic E-state index is 5.74. The van der Waals surface area contributed by atoms with Crippen molar-refractivity contribution in [2.75, 3.05) is 5.33 Å². The summed E-state index contributed by atoms with van der Waals surface area (Å²) in [4.78, 5) is 0. The van der Waals surface area contributed by atoms with Crippen LogP contribution in [0.15, 0.2) is 60.7 Å². The molecule has 19 heavy (non-hydrogen) atoms. The van der Waals surface area contributed by atoms with Crippen molar-refractivity contribution in [1.82, 2.24) is 0 Å². The first-order valence-corrected chi connectivity index (χ1v) is 7.50. The molecule has 0 unspecified atom stereocenters. The third-order valence-electron chi connectivity index (χ3n) is 2.71. The molecular weight excluding hydrogens is 300 g/mol. The highest BCUT2D eigenvalue weighted by atomic mass is 79.9. The van der Waals surface area contributed by atoms with E-state index in [2.05, 4.69) is 52.3 Å². The van der Waals surface area contributed by atoms with Crippen molar-refractivity contribution in [3.63, 3.8) is 0 Å². The van der Waals surface area contributed by atoms with E-state index in [-0.39, 0.29) is 0 Å². The van der Waals surface area contributed by atoms with E-state index in [0.717, 1.165) is 17.5 Å². The van der Waals surface area contributed by atoms with E-state index in [1.54, 1.807) is 0 Å².